The van der Waals surface area contributed by atoms with Crippen LogP contribution < -0.4 is 5.32 Å². The number of benzene rings is 1. The van der Waals surface area contributed by atoms with Gasteiger partial charge in [0.05, 0.1) is 12.8 Å². The monoisotopic (exact) mass is 269 g/mol. The lowest BCUT2D eigenvalue weighted by Crippen LogP contribution is -2.02. The smallest absolute Gasteiger partial charge is 0.222 e. The summed E-state index contributed by atoms with van der Waals surface area (Å²) in [5.74, 6) is 1.08. The largest absolute Gasteiger partial charge is 0.467 e. The molecule has 0 aliphatic carbocycles. The van der Waals surface area contributed by atoms with E-state index in [1.54, 1.807) is 30.8 Å². The Morgan fingerprint density at radius 2 is 1.75 bits per heavy atom. The summed E-state index contributed by atoms with van der Waals surface area (Å²) in [5, 5.41) is 3.06. The molecule has 0 bridgehead atoms. The van der Waals surface area contributed by atoms with E-state index in [1.165, 1.54) is 12.1 Å². The highest BCUT2D eigenvalue weighted by Gasteiger charge is 2.02. The lowest BCUT2D eigenvalue weighted by atomic mass is 10.1. The van der Waals surface area contributed by atoms with E-state index in [-0.39, 0.29) is 5.82 Å². The van der Waals surface area contributed by atoms with Crippen LogP contribution in [0.4, 0.5) is 10.3 Å². The highest BCUT2D eigenvalue weighted by atomic mass is 19.1. The van der Waals surface area contributed by atoms with E-state index in [4.69, 9.17) is 4.42 Å². The number of aromatic nitrogens is 2. The summed E-state index contributed by atoms with van der Waals surface area (Å²) in [6, 6.07) is 9.93. The Kier molecular flexibility index (Phi) is 3.41. The molecule has 5 heteroatoms. The molecule has 1 N–H and O–H groups in total. The van der Waals surface area contributed by atoms with Crippen molar-refractivity contribution in [3.63, 3.8) is 0 Å². The second-order valence-corrected chi connectivity index (χ2v) is 4.24. The van der Waals surface area contributed by atoms with Gasteiger partial charge >= 0.3 is 0 Å². The van der Waals surface area contributed by atoms with Gasteiger partial charge in [-0.05, 0) is 29.8 Å². The number of hydrogen-bond acceptors (Lipinski definition) is 4. The van der Waals surface area contributed by atoms with Crippen molar-refractivity contribution >= 4 is 5.95 Å². The summed E-state index contributed by atoms with van der Waals surface area (Å²) in [6.45, 7) is 0.531. The van der Waals surface area contributed by atoms with Crippen molar-refractivity contribution in [3.05, 3.63) is 66.6 Å². The molecule has 0 atom stereocenters. The Bertz CT molecular complexity index is 663. The van der Waals surface area contributed by atoms with Gasteiger partial charge in [-0.25, -0.2) is 14.4 Å². The van der Waals surface area contributed by atoms with Crippen LogP contribution in [0.2, 0.25) is 0 Å². The lowest BCUT2D eigenvalue weighted by molar-refractivity contribution is 0.517. The SMILES string of the molecule is Fc1ccc(-c2cnc(NCc3ccco3)nc2)cc1. The first kappa shape index (κ1) is 12.3. The van der Waals surface area contributed by atoms with Crippen molar-refractivity contribution in [2.75, 3.05) is 5.32 Å². The molecule has 0 spiro atoms. The minimum absolute atomic E-state index is 0.258. The molecule has 100 valence electrons. The quantitative estimate of drug-likeness (QED) is 0.787. The van der Waals surface area contributed by atoms with E-state index < -0.39 is 0 Å². The van der Waals surface area contributed by atoms with Gasteiger partial charge in [0, 0.05) is 18.0 Å². The zero-order chi connectivity index (χ0) is 13.8. The van der Waals surface area contributed by atoms with Gasteiger partial charge in [-0.3, -0.25) is 0 Å². The number of halogens is 1. The Balaban J connectivity index is 1.69. The van der Waals surface area contributed by atoms with Crippen molar-refractivity contribution in [1.29, 1.82) is 0 Å². The van der Waals surface area contributed by atoms with Gasteiger partial charge in [-0.1, -0.05) is 12.1 Å². The Hall–Kier alpha value is -2.69. The topological polar surface area (TPSA) is 51.0 Å². The minimum atomic E-state index is -0.258. The van der Waals surface area contributed by atoms with E-state index >= 15 is 0 Å². The van der Waals surface area contributed by atoms with Crippen molar-refractivity contribution < 1.29 is 8.81 Å². The predicted octanol–water partition coefficient (Wildman–Crippen LogP) is 3.49. The molecule has 3 aromatic rings. The van der Waals surface area contributed by atoms with Crippen molar-refractivity contribution in [2.24, 2.45) is 0 Å². The second kappa shape index (κ2) is 5.52. The van der Waals surface area contributed by atoms with Crippen LogP contribution in [0.5, 0.6) is 0 Å². The number of furan rings is 1. The second-order valence-electron chi connectivity index (χ2n) is 4.24. The van der Waals surface area contributed by atoms with Crippen LogP contribution >= 0.6 is 0 Å². The average Bonchev–Trinajstić information content (AvgIpc) is 3.00. The molecule has 2 aromatic heterocycles. The first-order chi connectivity index (χ1) is 9.81. The van der Waals surface area contributed by atoms with E-state index in [0.717, 1.165) is 16.9 Å². The molecular formula is C15H12FN3O. The third-order valence-electron chi connectivity index (χ3n) is 2.83. The van der Waals surface area contributed by atoms with Gasteiger partial charge in [0.25, 0.3) is 0 Å². The van der Waals surface area contributed by atoms with Gasteiger partial charge < -0.3 is 9.73 Å². The summed E-state index contributed by atoms with van der Waals surface area (Å²) in [7, 11) is 0. The summed E-state index contributed by atoms with van der Waals surface area (Å²) >= 11 is 0. The minimum Gasteiger partial charge on any atom is -0.467 e. The highest BCUT2D eigenvalue weighted by molar-refractivity contribution is 5.61. The van der Waals surface area contributed by atoms with Crippen LogP contribution in [-0.2, 0) is 6.54 Å². The van der Waals surface area contributed by atoms with Crippen LogP contribution in [0, 0.1) is 5.82 Å². The molecule has 0 aliphatic heterocycles. The predicted molar refractivity (Wildman–Crippen MR) is 73.5 cm³/mol. The fraction of sp³-hybridized carbons (Fsp3) is 0.0667. The normalized spacial score (nSPS) is 10.4. The summed E-state index contributed by atoms with van der Waals surface area (Å²) in [6.07, 6.45) is 5.02. The molecule has 0 saturated carbocycles. The van der Waals surface area contributed by atoms with Crippen molar-refractivity contribution in [1.82, 2.24) is 9.97 Å². The Morgan fingerprint density at radius 1 is 1.00 bits per heavy atom. The lowest BCUT2D eigenvalue weighted by Gasteiger charge is -2.04. The number of hydrogen-bond donors (Lipinski definition) is 1. The van der Waals surface area contributed by atoms with Crippen molar-refractivity contribution in [3.8, 4) is 11.1 Å². The summed E-state index contributed by atoms with van der Waals surface area (Å²) < 4.78 is 18.1. The standard InChI is InChI=1S/C15H12FN3O/c16-13-5-3-11(4-6-13)12-8-17-15(18-9-12)19-10-14-2-1-7-20-14/h1-9H,10H2,(H,17,18,19). The zero-order valence-corrected chi connectivity index (χ0v) is 10.6. The fourth-order valence-electron chi connectivity index (χ4n) is 1.79. The van der Waals surface area contributed by atoms with E-state index in [9.17, 15) is 4.39 Å². The molecule has 20 heavy (non-hydrogen) atoms. The van der Waals surface area contributed by atoms with Crippen LogP contribution in [0.15, 0.2) is 59.5 Å². The fourth-order valence-corrected chi connectivity index (χ4v) is 1.79. The van der Waals surface area contributed by atoms with Gasteiger partial charge in [-0.15, -0.1) is 0 Å². The van der Waals surface area contributed by atoms with Crippen LogP contribution in [-0.4, -0.2) is 9.97 Å². The first-order valence-corrected chi connectivity index (χ1v) is 6.15. The number of anilines is 1. The number of nitrogens with one attached hydrogen (secondary N) is 1. The molecular weight excluding hydrogens is 257 g/mol. The molecule has 0 fully saturated rings. The zero-order valence-electron chi connectivity index (χ0n) is 10.6. The molecule has 0 radical (unpaired) electrons. The number of rotatable bonds is 4. The molecule has 4 nitrogen and oxygen atoms in total. The van der Waals surface area contributed by atoms with Crippen LogP contribution in [0.1, 0.15) is 5.76 Å². The van der Waals surface area contributed by atoms with Gasteiger partial charge in [-0.2, -0.15) is 0 Å². The summed E-state index contributed by atoms with van der Waals surface area (Å²) in [5.41, 5.74) is 1.72. The van der Waals surface area contributed by atoms with Gasteiger partial charge in [0.15, 0.2) is 0 Å². The third-order valence-corrected chi connectivity index (χ3v) is 2.83. The Morgan fingerprint density at radius 3 is 2.40 bits per heavy atom. The summed E-state index contributed by atoms with van der Waals surface area (Å²) in [4.78, 5) is 8.44. The molecule has 0 amide bonds. The molecule has 2 heterocycles. The average molecular weight is 269 g/mol. The van der Waals surface area contributed by atoms with Gasteiger partial charge in [0.1, 0.15) is 11.6 Å². The molecule has 0 unspecified atom stereocenters. The molecule has 3 rings (SSSR count). The number of nitrogens with zero attached hydrogens (tertiary/aromatic N) is 2. The maximum atomic E-state index is 12.9. The van der Waals surface area contributed by atoms with E-state index in [0.29, 0.717) is 12.5 Å². The maximum absolute atomic E-state index is 12.9. The van der Waals surface area contributed by atoms with Crippen LogP contribution in [0.25, 0.3) is 11.1 Å². The van der Waals surface area contributed by atoms with Crippen LogP contribution in [0.3, 0.4) is 0 Å². The molecule has 0 saturated heterocycles. The molecule has 0 aliphatic rings. The van der Waals surface area contributed by atoms with Gasteiger partial charge in [0.2, 0.25) is 5.95 Å². The molecule has 1 aromatic carbocycles. The highest BCUT2D eigenvalue weighted by Crippen LogP contribution is 2.18. The van der Waals surface area contributed by atoms with Crippen molar-refractivity contribution in [2.45, 2.75) is 6.54 Å². The third kappa shape index (κ3) is 2.83. The Labute approximate surface area is 115 Å². The maximum Gasteiger partial charge on any atom is 0.222 e. The van der Waals surface area contributed by atoms with E-state index in [2.05, 4.69) is 15.3 Å². The first-order valence-electron chi connectivity index (χ1n) is 6.15. The van der Waals surface area contributed by atoms with E-state index in [1.807, 2.05) is 12.1 Å².